The molecule has 2 aliphatic heterocycles. The highest BCUT2D eigenvalue weighted by Gasteiger charge is 2.39. The van der Waals surface area contributed by atoms with E-state index in [-0.39, 0.29) is 6.42 Å². The van der Waals surface area contributed by atoms with Gasteiger partial charge in [-0.2, -0.15) is 11.8 Å². The predicted molar refractivity (Wildman–Crippen MR) is 64.7 cm³/mol. The summed E-state index contributed by atoms with van der Waals surface area (Å²) in [5, 5.41) is 12.2. The number of thioether (sulfide) groups is 1. The third-order valence-electron chi connectivity index (χ3n) is 3.03. The molecule has 0 aliphatic carbocycles. The van der Waals surface area contributed by atoms with Crippen molar-refractivity contribution in [3.8, 4) is 0 Å². The van der Waals surface area contributed by atoms with Gasteiger partial charge in [0.1, 0.15) is 0 Å². The van der Waals surface area contributed by atoms with Crippen LogP contribution in [-0.2, 0) is 4.79 Å². The van der Waals surface area contributed by atoms with Crippen molar-refractivity contribution in [2.45, 2.75) is 43.0 Å². The molecule has 0 amide bonds. The molecule has 1 saturated heterocycles. The Kier molecular flexibility index (Phi) is 3.58. The molecule has 16 heavy (non-hydrogen) atoms. The van der Waals surface area contributed by atoms with Crippen LogP contribution in [0.2, 0.25) is 0 Å². The summed E-state index contributed by atoms with van der Waals surface area (Å²) in [6, 6.07) is 0.698. The van der Waals surface area contributed by atoms with Gasteiger partial charge in [0.25, 0.3) is 0 Å². The molecule has 2 heterocycles. The third-order valence-corrected chi connectivity index (χ3v) is 4.53. The van der Waals surface area contributed by atoms with E-state index in [0.29, 0.717) is 23.3 Å². The number of carbonyl (C=O) groups is 1. The molecule has 0 saturated carbocycles. The minimum Gasteiger partial charge on any atom is -0.481 e. The fourth-order valence-corrected chi connectivity index (χ4v) is 3.76. The van der Waals surface area contributed by atoms with E-state index < -0.39 is 5.97 Å². The first-order valence-corrected chi connectivity index (χ1v) is 6.65. The molecule has 5 nitrogen and oxygen atoms in total. The number of hydrogen-bond acceptors (Lipinski definition) is 5. The van der Waals surface area contributed by atoms with Crippen LogP contribution in [0.15, 0.2) is 4.99 Å². The van der Waals surface area contributed by atoms with E-state index >= 15 is 0 Å². The number of hydrogen-bond donors (Lipinski definition) is 3. The summed E-state index contributed by atoms with van der Waals surface area (Å²) in [6.45, 7) is 0. The average Bonchev–Trinajstić information content (AvgIpc) is 2.72. The van der Waals surface area contributed by atoms with Gasteiger partial charge >= 0.3 is 5.97 Å². The Morgan fingerprint density at radius 1 is 1.62 bits per heavy atom. The standard InChI is InChI=1S/C10H17N3O2S/c11-10-12-6-5-16-7(9(6)13-10)3-1-2-4-8(14)15/h6-7,9H,1-5H2,(H,14,15)(H3,11,12,13)/t6-,7-,9+/m0/s1. The van der Waals surface area contributed by atoms with Gasteiger partial charge in [-0.1, -0.05) is 6.42 Å². The molecule has 0 unspecified atom stereocenters. The van der Waals surface area contributed by atoms with Gasteiger partial charge in [-0.15, -0.1) is 0 Å². The van der Waals surface area contributed by atoms with Gasteiger partial charge in [-0.25, -0.2) is 4.99 Å². The third kappa shape index (κ3) is 2.61. The number of nitrogens with two attached hydrogens (primary N) is 1. The highest BCUT2D eigenvalue weighted by Crippen LogP contribution is 2.35. The molecular weight excluding hydrogens is 226 g/mol. The minimum atomic E-state index is -0.707. The lowest BCUT2D eigenvalue weighted by atomic mass is 10.0. The monoisotopic (exact) mass is 243 g/mol. The number of nitrogens with one attached hydrogen (secondary N) is 1. The minimum absolute atomic E-state index is 0.273. The first-order valence-electron chi connectivity index (χ1n) is 5.60. The second-order valence-electron chi connectivity index (χ2n) is 4.27. The summed E-state index contributed by atoms with van der Waals surface area (Å²) < 4.78 is 0. The Bertz CT molecular complexity index is 308. The fraction of sp³-hybridized carbons (Fsp3) is 0.800. The molecule has 2 aliphatic rings. The molecule has 2 rings (SSSR count). The predicted octanol–water partition coefficient (Wildman–Crippen LogP) is 0.402. The van der Waals surface area contributed by atoms with E-state index in [4.69, 9.17) is 10.8 Å². The molecule has 3 atom stereocenters. The Morgan fingerprint density at radius 3 is 3.19 bits per heavy atom. The second kappa shape index (κ2) is 4.95. The highest BCUT2D eigenvalue weighted by atomic mass is 32.2. The molecule has 0 bridgehead atoms. The topological polar surface area (TPSA) is 87.7 Å². The van der Waals surface area contributed by atoms with Gasteiger partial charge in [-0.3, -0.25) is 4.79 Å². The van der Waals surface area contributed by atoms with E-state index in [0.717, 1.165) is 25.0 Å². The number of unbranched alkanes of at least 4 members (excludes halogenated alkanes) is 1. The maximum Gasteiger partial charge on any atom is 0.303 e. The highest BCUT2D eigenvalue weighted by molar-refractivity contribution is 8.00. The van der Waals surface area contributed by atoms with Gasteiger partial charge in [-0.05, 0) is 12.8 Å². The Balaban J connectivity index is 1.72. The molecule has 0 aromatic heterocycles. The fourth-order valence-electron chi connectivity index (χ4n) is 2.25. The second-order valence-corrected chi connectivity index (χ2v) is 5.54. The van der Waals surface area contributed by atoms with Gasteiger partial charge in [0, 0.05) is 17.4 Å². The van der Waals surface area contributed by atoms with E-state index in [1.807, 2.05) is 11.8 Å². The van der Waals surface area contributed by atoms with Crippen molar-refractivity contribution in [1.29, 1.82) is 0 Å². The smallest absolute Gasteiger partial charge is 0.303 e. The molecule has 0 radical (unpaired) electrons. The van der Waals surface area contributed by atoms with Crippen LogP contribution in [0.1, 0.15) is 25.7 Å². The summed E-state index contributed by atoms with van der Waals surface area (Å²) in [6.07, 6.45) is 3.03. The molecule has 6 heteroatoms. The summed E-state index contributed by atoms with van der Waals surface area (Å²) in [5.41, 5.74) is 5.63. The first kappa shape index (κ1) is 11.6. The van der Waals surface area contributed by atoms with Crippen LogP contribution in [0.4, 0.5) is 0 Å². The number of rotatable bonds is 5. The Labute approximate surface area is 98.9 Å². The van der Waals surface area contributed by atoms with Crippen LogP contribution in [0.3, 0.4) is 0 Å². The van der Waals surface area contributed by atoms with E-state index in [1.54, 1.807) is 0 Å². The van der Waals surface area contributed by atoms with Crippen LogP contribution >= 0.6 is 11.8 Å². The van der Waals surface area contributed by atoms with Crippen molar-refractivity contribution >= 4 is 23.7 Å². The van der Waals surface area contributed by atoms with Gasteiger partial charge in [0.05, 0.1) is 12.1 Å². The molecule has 0 spiro atoms. The van der Waals surface area contributed by atoms with Gasteiger partial charge < -0.3 is 16.2 Å². The molecular formula is C10H17N3O2S. The SMILES string of the molecule is NC1=N[C@@H]2[C@H](CS[C@H]2CCCCC(=O)O)N1. The van der Waals surface area contributed by atoms with Crippen LogP contribution in [0, 0.1) is 0 Å². The number of carboxylic acids is 1. The zero-order valence-corrected chi connectivity index (χ0v) is 9.87. The largest absolute Gasteiger partial charge is 0.481 e. The quantitative estimate of drug-likeness (QED) is 0.608. The summed E-state index contributed by atoms with van der Waals surface area (Å²) in [7, 11) is 0. The summed E-state index contributed by atoms with van der Waals surface area (Å²) >= 11 is 1.92. The van der Waals surface area contributed by atoms with E-state index in [9.17, 15) is 4.79 Å². The molecule has 4 N–H and O–H groups in total. The number of fused-ring (bicyclic) bond motifs is 1. The lowest BCUT2D eigenvalue weighted by molar-refractivity contribution is -0.137. The lowest BCUT2D eigenvalue weighted by Crippen LogP contribution is -2.38. The van der Waals surface area contributed by atoms with Crippen LogP contribution < -0.4 is 11.1 Å². The van der Waals surface area contributed by atoms with E-state index in [1.165, 1.54) is 0 Å². The number of aliphatic imine (C=N–C) groups is 1. The number of guanidine groups is 1. The average molecular weight is 243 g/mol. The van der Waals surface area contributed by atoms with Crippen LogP contribution in [0.25, 0.3) is 0 Å². The number of carboxylic acid groups (broad SMARTS) is 1. The lowest BCUT2D eigenvalue weighted by Gasteiger charge is -2.13. The maximum absolute atomic E-state index is 10.4. The van der Waals surface area contributed by atoms with E-state index in [2.05, 4.69) is 10.3 Å². The first-order chi connectivity index (χ1) is 7.66. The molecule has 90 valence electrons. The number of aliphatic carboxylic acids is 1. The van der Waals surface area contributed by atoms with Crippen LogP contribution in [-0.4, -0.2) is 40.1 Å². The summed E-state index contributed by atoms with van der Waals surface area (Å²) in [4.78, 5) is 14.8. The Hall–Kier alpha value is -0.910. The number of nitrogens with zero attached hydrogens (tertiary/aromatic N) is 1. The van der Waals surface area contributed by atoms with Crippen molar-refractivity contribution < 1.29 is 9.90 Å². The van der Waals surface area contributed by atoms with Crippen molar-refractivity contribution in [2.75, 3.05) is 5.75 Å². The van der Waals surface area contributed by atoms with Crippen molar-refractivity contribution in [2.24, 2.45) is 10.7 Å². The van der Waals surface area contributed by atoms with Crippen molar-refractivity contribution in [1.82, 2.24) is 5.32 Å². The molecule has 0 aromatic carbocycles. The normalized spacial score (nSPS) is 32.0. The van der Waals surface area contributed by atoms with Crippen molar-refractivity contribution in [3.05, 3.63) is 0 Å². The van der Waals surface area contributed by atoms with Gasteiger partial charge in [0.15, 0.2) is 5.96 Å². The van der Waals surface area contributed by atoms with Gasteiger partial charge in [0.2, 0.25) is 0 Å². The van der Waals surface area contributed by atoms with Crippen LogP contribution in [0.5, 0.6) is 0 Å². The molecule has 0 aromatic rings. The molecule has 1 fully saturated rings. The maximum atomic E-state index is 10.4. The zero-order valence-electron chi connectivity index (χ0n) is 9.06. The zero-order chi connectivity index (χ0) is 11.5. The Morgan fingerprint density at radius 2 is 2.44 bits per heavy atom. The summed E-state index contributed by atoms with van der Waals surface area (Å²) in [5.74, 6) is 0.908. The van der Waals surface area contributed by atoms with Crippen molar-refractivity contribution in [3.63, 3.8) is 0 Å².